The molecule has 0 bridgehead atoms. The van der Waals surface area contributed by atoms with Gasteiger partial charge in [-0.3, -0.25) is 14.9 Å². The lowest BCUT2D eigenvalue weighted by atomic mass is 9.91. The Morgan fingerprint density at radius 1 is 1.03 bits per heavy atom. The number of aromatic amines is 1. The summed E-state index contributed by atoms with van der Waals surface area (Å²) < 4.78 is 27.2. The van der Waals surface area contributed by atoms with Crippen LogP contribution in [0, 0.1) is 21.7 Å². The minimum absolute atomic E-state index is 0.0374. The molecule has 0 saturated carbocycles. The Morgan fingerprint density at radius 2 is 1.78 bits per heavy atom. The van der Waals surface area contributed by atoms with Crippen molar-refractivity contribution in [1.29, 1.82) is 0 Å². The van der Waals surface area contributed by atoms with Crippen molar-refractivity contribution in [3.8, 4) is 0 Å². The van der Waals surface area contributed by atoms with Gasteiger partial charge in [-0.05, 0) is 53.9 Å². The van der Waals surface area contributed by atoms with Crippen molar-refractivity contribution in [3.63, 3.8) is 0 Å². The molecule has 32 heavy (non-hydrogen) atoms. The Balaban J connectivity index is 1.64. The molecular weight excluding hydrogens is 416 g/mol. The Kier molecular flexibility index (Phi) is 4.70. The molecule has 0 spiro atoms. The SMILES string of the molecule is O=C(c1ccc(F)c(F)c1)N1CCc2c([nH]c3ccccc23)C1c1ccc([N+](=O)[O-])cc1. The second-order valence-corrected chi connectivity index (χ2v) is 7.69. The van der Waals surface area contributed by atoms with Crippen LogP contribution in [0.5, 0.6) is 0 Å². The zero-order valence-electron chi connectivity index (χ0n) is 16.7. The van der Waals surface area contributed by atoms with Crippen LogP contribution in [0.1, 0.15) is 33.2 Å². The van der Waals surface area contributed by atoms with E-state index >= 15 is 0 Å². The van der Waals surface area contributed by atoms with Gasteiger partial charge in [-0.25, -0.2) is 8.78 Å². The van der Waals surface area contributed by atoms with Crippen molar-refractivity contribution < 1.29 is 18.5 Å². The van der Waals surface area contributed by atoms with Crippen LogP contribution in [0.3, 0.4) is 0 Å². The van der Waals surface area contributed by atoms with E-state index in [1.807, 2.05) is 24.3 Å². The van der Waals surface area contributed by atoms with Gasteiger partial charge in [-0.1, -0.05) is 18.2 Å². The summed E-state index contributed by atoms with van der Waals surface area (Å²) in [6.45, 7) is 0.355. The minimum Gasteiger partial charge on any atom is -0.356 e. The minimum atomic E-state index is -1.09. The topological polar surface area (TPSA) is 79.2 Å². The fourth-order valence-electron chi connectivity index (χ4n) is 4.38. The third kappa shape index (κ3) is 3.20. The summed E-state index contributed by atoms with van der Waals surface area (Å²) in [5.74, 6) is -2.56. The standard InChI is InChI=1S/C24H17F2N3O3/c25-19-10-7-15(13-20(19)26)24(30)28-12-11-18-17-3-1-2-4-21(17)27-22(18)23(28)14-5-8-16(9-6-14)29(31)32/h1-10,13,23,27H,11-12H2. The van der Waals surface area contributed by atoms with Gasteiger partial charge in [0, 0.05) is 40.8 Å². The molecule has 3 aromatic carbocycles. The number of nitrogens with one attached hydrogen (secondary N) is 1. The van der Waals surface area contributed by atoms with Crippen LogP contribution in [-0.2, 0) is 6.42 Å². The van der Waals surface area contributed by atoms with Crippen molar-refractivity contribution in [2.24, 2.45) is 0 Å². The van der Waals surface area contributed by atoms with E-state index in [0.717, 1.165) is 34.3 Å². The fraction of sp³-hybridized carbons (Fsp3) is 0.125. The van der Waals surface area contributed by atoms with Crippen molar-refractivity contribution in [2.75, 3.05) is 6.54 Å². The number of amides is 1. The monoisotopic (exact) mass is 433 g/mol. The maximum atomic E-state index is 13.8. The Morgan fingerprint density at radius 3 is 2.50 bits per heavy atom. The molecule has 1 aliphatic rings. The fourth-order valence-corrected chi connectivity index (χ4v) is 4.38. The number of nitro benzene ring substituents is 1. The van der Waals surface area contributed by atoms with Crippen LogP contribution >= 0.6 is 0 Å². The van der Waals surface area contributed by atoms with Crippen LogP contribution in [0.2, 0.25) is 0 Å². The van der Waals surface area contributed by atoms with Gasteiger partial charge in [-0.2, -0.15) is 0 Å². The first-order chi connectivity index (χ1) is 15.4. The highest BCUT2D eigenvalue weighted by molar-refractivity contribution is 5.95. The van der Waals surface area contributed by atoms with Crippen molar-refractivity contribution in [3.05, 3.63) is 111 Å². The van der Waals surface area contributed by atoms with Crippen LogP contribution in [0.25, 0.3) is 10.9 Å². The molecule has 2 heterocycles. The molecule has 0 fully saturated rings. The number of hydrogen-bond donors (Lipinski definition) is 1. The van der Waals surface area contributed by atoms with Gasteiger partial charge in [0.15, 0.2) is 11.6 Å². The zero-order chi connectivity index (χ0) is 22.4. The molecule has 160 valence electrons. The molecule has 5 rings (SSSR count). The third-order valence-electron chi connectivity index (χ3n) is 5.88. The van der Waals surface area contributed by atoms with E-state index in [2.05, 4.69) is 4.98 Å². The highest BCUT2D eigenvalue weighted by Gasteiger charge is 2.35. The molecule has 0 radical (unpaired) electrons. The third-order valence-corrected chi connectivity index (χ3v) is 5.88. The summed E-state index contributed by atoms with van der Waals surface area (Å²) in [4.78, 5) is 29.0. The average molecular weight is 433 g/mol. The molecule has 4 aromatic rings. The number of non-ortho nitro benzene ring substituents is 1. The zero-order valence-corrected chi connectivity index (χ0v) is 16.7. The number of rotatable bonds is 3. The molecule has 1 aliphatic heterocycles. The average Bonchev–Trinajstić information content (AvgIpc) is 3.18. The molecule has 1 atom stereocenters. The summed E-state index contributed by atoms with van der Waals surface area (Å²) >= 11 is 0. The predicted molar refractivity (Wildman–Crippen MR) is 114 cm³/mol. The lowest BCUT2D eigenvalue weighted by molar-refractivity contribution is -0.384. The Labute approximate surface area is 181 Å². The number of carbonyl (C=O) groups excluding carboxylic acids is 1. The first-order valence-corrected chi connectivity index (χ1v) is 10.0. The Bertz CT molecular complexity index is 1360. The quantitative estimate of drug-likeness (QED) is 0.359. The van der Waals surface area contributed by atoms with Gasteiger partial charge in [0.1, 0.15) is 0 Å². The Hall–Kier alpha value is -4.07. The highest BCUT2D eigenvalue weighted by Crippen LogP contribution is 2.39. The number of fused-ring (bicyclic) bond motifs is 3. The molecule has 8 heteroatoms. The first kappa shape index (κ1) is 19.9. The van der Waals surface area contributed by atoms with E-state index in [4.69, 9.17) is 0 Å². The van der Waals surface area contributed by atoms with E-state index in [1.165, 1.54) is 18.2 Å². The smallest absolute Gasteiger partial charge is 0.269 e. The summed E-state index contributed by atoms with van der Waals surface area (Å²) in [7, 11) is 0. The number of benzene rings is 3. The second kappa shape index (κ2) is 7.56. The largest absolute Gasteiger partial charge is 0.356 e. The number of halogens is 2. The summed E-state index contributed by atoms with van der Waals surface area (Å²) in [6, 6.07) is 16.4. The summed E-state index contributed by atoms with van der Waals surface area (Å²) in [5, 5.41) is 12.1. The number of carbonyl (C=O) groups is 1. The van der Waals surface area contributed by atoms with Crippen molar-refractivity contribution in [1.82, 2.24) is 9.88 Å². The number of nitrogens with zero attached hydrogens (tertiary/aromatic N) is 2. The maximum absolute atomic E-state index is 13.8. The van der Waals surface area contributed by atoms with Crippen LogP contribution < -0.4 is 0 Å². The van der Waals surface area contributed by atoms with Crippen molar-refractivity contribution in [2.45, 2.75) is 12.5 Å². The van der Waals surface area contributed by atoms with Crippen LogP contribution in [0.15, 0.2) is 66.7 Å². The summed E-state index contributed by atoms with van der Waals surface area (Å²) in [6.07, 6.45) is 0.582. The van der Waals surface area contributed by atoms with Gasteiger partial charge in [0.25, 0.3) is 11.6 Å². The molecule has 1 unspecified atom stereocenters. The second-order valence-electron chi connectivity index (χ2n) is 7.69. The molecule has 6 nitrogen and oxygen atoms in total. The highest BCUT2D eigenvalue weighted by atomic mass is 19.2. The normalized spacial score (nSPS) is 15.6. The van der Waals surface area contributed by atoms with Gasteiger partial charge in [0.05, 0.1) is 11.0 Å². The molecule has 1 aromatic heterocycles. The molecule has 1 N–H and O–H groups in total. The number of nitro groups is 1. The van der Waals surface area contributed by atoms with Gasteiger partial charge in [0.2, 0.25) is 0 Å². The van der Waals surface area contributed by atoms with Crippen LogP contribution in [0.4, 0.5) is 14.5 Å². The van der Waals surface area contributed by atoms with Gasteiger partial charge in [-0.15, -0.1) is 0 Å². The van der Waals surface area contributed by atoms with Crippen LogP contribution in [-0.4, -0.2) is 27.3 Å². The number of hydrogen-bond acceptors (Lipinski definition) is 3. The van der Waals surface area contributed by atoms with E-state index < -0.39 is 28.5 Å². The molecular formula is C24H17F2N3O3. The number of para-hydroxylation sites is 1. The summed E-state index contributed by atoms with van der Waals surface area (Å²) in [5.41, 5.74) is 3.46. The lowest BCUT2D eigenvalue weighted by Crippen LogP contribution is -2.40. The van der Waals surface area contributed by atoms with Crippen molar-refractivity contribution >= 4 is 22.5 Å². The van der Waals surface area contributed by atoms with E-state index in [9.17, 15) is 23.7 Å². The molecule has 0 aliphatic carbocycles. The maximum Gasteiger partial charge on any atom is 0.269 e. The molecule has 0 saturated heterocycles. The predicted octanol–water partition coefficient (Wildman–Crippen LogP) is 5.14. The van der Waals surface area contributed by atoms with Gasteiger partial charge >= 0.3 is 0 Å². The van der Waals surface area contributed by atoms with E-state index in [0.29, 0.717) is 18.5 Å². The van der Waals surface area contributed by atoms with Gasteiger partial charge < -0.3 is 9.88 Å². The lowest BCUT2D eigenvalue weighted by Gasteiger charge is -2.36. The number of H-pyrrole nitrogens is 1. The van der Waals surface area contributed by atoms with E-state index in [1.54, 1.807) is 17.0 Å². The first-order valence-electron chi connectivity index (χ1n) is 10.0. The number of aromatic nitrogens is 1. The van der Waals surface area contributed by atoms with E-state index in [-0.39, 0.29) is 11.3 Å². The molecule has 1 amide bonds.